The van der Waals surface area contributed by atoms with Gasteiger partial charge in [-0.3, -0.25) is 0 Å². The molecule has 6 aromatic carbocycles. The van der Waals surface area contributed by atoms with E-state index >= 15 is 0 Å². The molecule has 0 bridgehead atoms. The second kappa shape index (κ2) is 8.48. The molecule has 3 heteroatoms. The van der Waals surface area contributed by atoms with Gasteiger partial charge in [0.2, 0.25) is 0 Å². The van der Waals surface area contributed by atoms with Gasteiger partial charge in [-0.2, -0.15) is 0 Å². The van der Waals surface area contributed by atoms with Gasteiger partial charge >= 0.3 is 0 Å². The number of para-hydroxylation sites is 3. The lowest BCUT2D eigenvalue weighted by Crippen LogP contribution is -1.93. The molecule has 41 heavy (non-hydrogen) atoms. The summed E-state index contributed by atoms with van der Waals surface area (Å²) in [5.74, 6) is 0. The predicted molar refractivity (Wildman–Crippen MR) is 169 cm³/mol. The van der Waals surface area contributed by atoms with Crippen LogP contribution >= 0.6 is 0 Å². The van der Waals surface area contributed by atoms with Crippen LogP contribution in [0.4, 0.5) is 0 Å². The normalized spacial score (nSPS) is 11.9. The Balaban J connectivity index is 1.33. The molecular weight excluding hydrogens is 502 g/mol. The van der Waals surface area contributed by atoms with Gasteiger partial charge in [0.1, 0.15) is 22.3 Å². The fourth-order valence-electron chi connectivity index (χ4n) is 6.45. The highest BCUT2D eigenvalue weighted by Crippen LogP contribution is 2.43. The SMILES string of the molecule is c1ccc(-n2c3ccccc3c3oc4ccc(-c5ccccc5-c5cccc6oc7ccccc7c56)cc4c32)cc1. The molecule has 192 valence electrons. The maximum atomic E-state index is 6.54. The molecular formula is C38H23NO2. The molecule has 9 aromatic rings. The molecule has 0 aliphatic carbocycles. The van der Waals surface area contributed by atoms with Crippen molar-refractivity contribution in [3.8, 4) is 27.9 Å². The molecule has 9 rings (SSSR count). The van der Waals surface area contributed by atoms with E-state index in [1.807, 2.05) is 12.1 Å². The third-order valence-electron chi connectivity index (χ3n) is 8.22. The Hall–Kier alpha value is -5.54. The van der Waals surface area contributed by atoms with Crippen molar-refractivity contribution >= 4 is 54.9 Å². The van der Waals surface area contributed by atoms with Crippen molar-refractivity contribution in [3.63, 3.8) is 0 Å². The zero-order chi connectivity index (χ0) is 26.9. The smallest absolute Gasteiger partial charge is 0.161 e. The van der Waals surface area contributed by atoms with Gasteiger partial charge in [-0.05, 0) is 70.8 Å². The first-order chi connectivity index (χ1) is 20.3. The predicted octanol–water partition coefficient (Wildman–Crippen LogP) is 10.8. The highest BCUT2D eigenvalue weighted by molar-refractivity contribution is 6.18. The van der Waals surface area contributed by atoms with Crippen LogP contribution in [0, 0.1) is 0 Å². The van der Waals surface area contributed by atoms with E-state index in [-0.39, 0.29) is 0 Å². The van der Waals surface area contributed by atoms with Crippen LogP contribution in [-0.4, -0.2) is 4.57 Å². The highest BCUT2D eigenvalue weighted by Gasteiger charge is 2.21. The molecule has 0 aliphatic heterocycles. The lowest BCUT2D eigenvalue weighted by atomic mass is 9.91. The summed E-state index contributed by atoms with van der Waals surface area (Å²) in [7, 11) is 0. The van der Waals surface area contributed by atoms with Crippen molar-refractivity contribution in [2.24, 2.45) is 0 Å². The van der Waals surface area contributed by atoms with Gasteiger partial charge in [0.25, 0.3) is 0 Å². The molecule has 0 saturated heterocycles. The molecule has 0 unspecified atom stereocenters. The van der Waals surface area contributed by atoms with Crippen molar-refractivity contribution in [1.82, 2.24) is 4.57 Å². The molecule has 0 amide bonds. The molecule has 0 fully saturated rings. The van der Waals surface area contributed by atoms with Crippen LogP contribution < -0.4 is 0 Å². The van der Waals surface area contributed by atoms with Gasteiger partial charge in [-0.15, -0.1) is 0 Å². The maximum absolute atomic E-state index is 6.54. The number of hydrogen-bond acceptors (Lipinski definition) is 2. The Labute approximate surface area is 235 Å². The van der Waals surface area contributed by atoms with E-state index in [0.717, 1.165) is 66.2 Å². The first-order valence-corrected chi connectivity index (χ1v) is 13.9. The van der Waals surface area contributed by atoms with Gasteiger partial charge in [0.05, 0.1) is 5.52 Å². The summed E-state index contributed by atoms with van der Waals surface area (Å²) in [4.78, 5) is 0. The number of rotatable bonds is 3. The third-order valence-corrected chi connectivity index (χ3v) is 8.22. The highest BCUT2D eigenvalue weighted by atomic mass is 16.3. The quantitative estimate of drug-likeness (QED) is 0.230. The minimum absolute atomic E-state index is 0.884. The summed E-state index contributed by atoms with van der Waals surface area (Å²) >= 11 is 0. The number of nitrogens with zero attached hydrogens (tertiary/aromatic N) is 1. The van der Waals surface area contributed by atoms with E-state index in [0.29, 0.717) is 0 Å². The average molecular weight is 526 g/mol. The first-order valence-electron chi connectivity index (χ1n) is 13.9. The van der Waals surface area contributed by atoms with Gasteiger partial charge in [0, 0.05) is 27.2 Å². The molecule has 0 N–H and O–H groups in total. The van der Waals surface area contributed by atoms with Gasteiger partial charge in [0.15, 0.2) is 5.58 Å². The summed E-state index contributed by atoms with van der Waals surface area (Å²) in [5.41, 5.74) is 11.6. The number of furan rings is 2. The van der Waals surface area contributed by atoms with Crippen molar-refractivity contribution in [2.75, 3.05) is 0 Å². The van der Waals surface area contributed by atoms with Gasteiger partial charge in [-0.25, -0.2) is 0 Å². The lowest BCUT2D eigenvalue weighted by molar-refractivity contribution is 0.669. The minimum atomic E-state index is 0.884. The minimum Gasteiger partial charge on any atom is -0.456 e. The molecule has 0 atom stereocenters. The Kier molecular flexibility index (Phi) is 4.61. The second-order valence-corrected chi connectivity index (χ2v) is 10.5. The Morgan fingerprint density at radius 3 is 2.02 bits per heavy atom. The maximum Gasteiger partial charge on any atom is 0.161 e. The van der Waals surface area contributed by atoms with Crippen LogP contribution in [0.3, 0.4) is 0 Å². The second-order valence-electron chi connectivity index (χ2n) is 10.5. The van der Waals surface area contributed by atoms with Crippen molar-refractivity contribution in [3.05, 3.63) is 140 Å². The summed E-state index contributed by atoms with van der Waals surface area (Å²) < 4.78 is 15.1. The Morgan fingerprint density at radius 1 is 0.439 bits per heavy atom. The van der Waals surface area contributed by atoms with E-state index < -0.39 is 0 Å². The topological polar surface area (TPSA) is 31.2 Å². The third kappa shape index (κ3) is 3.20. The lowest BCUT2D eigenvalue weighted by Gasteiger charge is -2.12. The summed E-state index contributed by atoms with van der Waals surface area (Å²) in [6.07, 6.45) is 0. The van der Waals surface area contributed by atoms with E-state index in [1.54, 1.807) is 0 Å². The van der Waals surface area contributed by atoms with Gasteiger partial charge < -0.3 is 13.4 Å². The summed E-state index contributed by atoms with van der Waals surface area (Å²) in [5, 5.41) is 4.49. The largest absolute Gasteiger partial charge is 0.456 e. The number of fused-ring (bicyclic) bond motifs is 8. The standard InChI is InChI=1S/C38H23NO2/c1-2-11-25(12-3-1)39-32-18-8-6-15-29(32)38-37(39)31-23-24(21-22-34(31)41-38)26-13-4-5-14-27(26)28-17-10-20-35-36(28)30-16-7-9-19-33(30)40-35/h1-23H. The van der Waals surface area contributed by atoms with E-state index in [4.69, 9.17) is 8.83 Å². The van der Waals surface area contributed by atoms with Crippen LogP contribution in [0.25, 0.3) is 82.9 Å². The van der Waals surface area contributed by atoms with Gasteiger partial charge in [-0.1, -0.05) is 91.0 Å². The molecule has 3 heterocycles. The number of aromatic nitrogens is 1. The van der Waals surface area contributed by atoms with E-state index in [1.165, 1.54) is 16.7 Å². The van der Waals surface area contributed by atoms with Crippen LogP contribution in [0.5, 0.6) is 0 Å². The molecule has 3 nitrogen and oxygen atoms in total. The average Bonchev–Trinajstić information content (AvgIpc) is 3.70. The van der Waals surface area contributed by atoms with Crippen LogP contribution in [0.2, 0.25) is 0 Å². The van der Waals surface area contributed by atoms with Crippen molar-refractivity contribution in [2.45, 2.75) is 0 Å². The molecule has 0 saturated carbocycles. The fourth-order valence-corrected chi connectivity index (χ4v) is 6.45. The first kappa shape index (κ1) is 22.3. The van der Waals surface area contributed by atoms with Crippen LogP contribution in [0.15, 0.2) is 148 Å². The Bertz CT molecular complexity index is 2420. The fraction of sp³-hybridized carbons (Fsp3) is 0. The zero-order valence-electron chi connectivity index (χ0n) is 22.0. The summed E-state index contributed by atoms with van der Waals surface area (Å²) in [6, 6.07) is 48.8. The zero-order valence-corrected chi connectivity index (χ0v) is 22.0. The molecule has 0 aliphatic rings. The van der Waals surface area contributed by atoms with E-state index in [9.17, 15) is 0 Å². The van der Waals surface area contributed by atoms with Crippen molar-refractivity contribution in [1.29, 1.82) is 0 Å². The molecule has 3 aromatic heterocycles. The summed E-state index contributed by atoms with van der Waals surface area (Å²) in [6.45, 7) is 0. The van der Waals surface area contributed by atoms with Crippen LogP contribution in [-0.2, 0) is 0 Å². The molecule has 0 radical (unpaired) electrons. The monoisotopic (exact) mass is 525 g/mol. The Morgan fingerprint density at radius 2 is 1.12 bits per heavy atom. The van der Waals surface area contributed by atoms with Crippen LogP contribution in [0.1, 0.15) is 0 Å². The molecule has 0 spiro atoms. The van der Waals surface area contributed by atoms with Crippen molar-refractivity contribution < 1.29 is 8.83 Å². The number of benzene rings is 6. The number of hydrogen-bond donors (Lipinski definition) is 0. The van der Waals surface area contributed by atoms with E-state index in [2.05, 4.69) is 132 Å².